The van der Waals surface area contributed by atoms with E-state index in [0.717, 1.165) is 5.56 Å². The minimum absolute atomic E-state index is 0.217. The van der Waals surface area contributed by atoms with Gasteiger partial charge in [-0.15, -0.1) is 0 Å². The van der Waals surface area contributed by atoms with E-state index in [1.165, 1.54) is 0 Å². The fraction of sp³-hybridized carbons (Fsp3) is 0.235. The summed E-state index contributed by atoms with van der Waals surface area (Å²) < 4.78 is 11.0. The van der Waals surface area contributed by atoms with E-state index in [-0.39, 0.29) is 11.7 Å². The highest BCUT2D eigenvalue weighted by Gasteiger charge is 2.16. The molecule has 0 spiro atoms. The number of esters is 1. The fourth-order valence-electron chi connectivity index (χ4n) is 1.93. The quantitative estimate of drug-likeness (QED) is 0.661. The van der Waals surface area contributed by atoms with Crippen LogP contribution in [-0.2, 0) is 4.74 Å². The van der Waals surface area contributed by atoms with Crippen molar-refractivity contribution in [2.75, 3.05) is 5.73 Å². The van der Waals surface area contributed by atoms with Gasteiger partial charge in [-0.05, 0) is 56.7 Å². The molecular formula is C17H18ClNO3. The number of hydrogen-bond donors (Lipinski definition) is 1. The third-order valence-electron chi connectivity index (χ3n) is 2.93. The zero-order valence-corrected chi connectivity index (χ0v) is 13.5. The Balaban J connectivity index is 2.34. The monoisotopic (exact) mass is 319 g/mol. The van der Waals surface area contributed by atoms with Crippen molar-refractivity contribution in [1.29, 1.82) is 0 Å². The van der Waals surface area contributed by atoms with Crippen LogP contribution in [0.1, 0.15) is 29.8 Å². The minimum Gasteiger partial charge on any atom is -0.459 e. The number of ether oxygens (including phenoxy) is 2. The van der Waals surface area contributed by atoms with E-state index in [1.807, 2.05) is 6.92 Å². The Morgan fingerprint density at radius 1 is 1.23 bits per heavy atom. The average molecular weight is 320 g/mol. The van der Waals surface area contributed by atoms with Gasteiger partial charge >= 0.3 is 5.97 Å². The van der Waals surface area contributed by atoms with Crippen LogP contribution in [0.25, 0.3) is 0 Å². The Morgan fingerprint density at radius 2 is 1.95 bits per heavy atom. The lowest BCUT2D eigenvalue weighted by molar-refractivity contribution is 0.0379. The van der Waals surface area contributed by atoms with E-state index in [9.17, 15) is 4.79 Å². The number of benzene rings is 2. The maximum atomic E-state index is 12.1. The van der Waals surface area contributed by atoms with Gasteiger partial charge in [0, 0.05) is 10.7 Å². The molecule has 2 aromatic carbocycles. The number of hydrogen-bond acceptors (Lipinski definition) is 4. The van der Waals surface area contributed by atoms with Crippen molar-refractivity contribution in [1.82, 2.24) is 0 Å². The van der Waals surface area contributed by atoms with Gasteiger partial charge in [-0.1, -0.05) is 17.7 Å². The van der Waals surface area contributed by atoms with Gasteiger partial charge in [-0.2, -0.15) is 0 Å². The first kappa shape index (κ1) is 16.2. The summed E-state index contributed by atoms with van der Waals surface area (Å²) in [6, 6.07) is 10.3. The van der Waals surface area contributed by atoms with Gasteiger partial charge in [0.2, 0.25) is 0 Å². The summed E-state index contributed by atoms with van der Waals surface area (Å²) in [6.45, 7) is 5.42. The second kappa shape index (κ2) is 6.71. The Kier molecular flexibility index (Phi) is 4.93. The number of anilines is 1. The number of aryl methyl sites for hydroxylation is 1. The second-order valence-corrected chi connectivity index (χ2v) is 5.65. The molecule has 116 valence electrons. The van der Waals surface area contributed by atoms with E-state index in [2.05, 4.69) is 0 Å². The molecule has 2 N–H and O–H groups in total. The minimum atomic E-state index is -0.469. The van der Waals surface area contributed by atoms with E-state index >= 15 is 0 Å². The molecule has 0 saturated heterocycles. The van der Waals surface area contributed by atoms with Crippen molar-refractivity contribution in [2.45, 2.75) is 26.9 Å². The largest absolute Gasteiger partial charge is 0.459 e. The lowest BCUT2D eigenvalue weighted by atomic mass is 10.1. The van der Waals surface area contributed by atoms with Crippen LogP contribution in [0.4, 0.5) is 5.69 Å². The van der Waals surface area contributed by atoms with Gasteiger partial charge in [0.1, 0.15) is 11.5 Å². The molecule has 0 amide bonds. The summed E-state index contributed by atoms with van der Waals surface area (Å²) in [5, 5.41) is 0.574. The first-order chi connectivity index (χ1) is 10.4. The molecule has 22 heavy (non-hydrogen) atoms. The number of nitrogen functional groups attached to an aromatic ring is 1. The van der Waals surface area contributed by atoms with Crippen molar-refractivity contribution in [3.63, 3.8) is 0 Å². The Labute approximate surface area is 134 Å². The molecule has 0 atom stereocenters. The molecule has 5 heteroatoms. The van der Waals surface area contributed by atoms with Crippen LogP contribution >= 0.6 is 11.6 Å². The maximum absolute atomic E-state index is 12.1. The van der Waals surface area contributed by atoms with Gasteiger partial charge in [0.15, 0.2) is 0 Å². The SMILES string of the molecule is Cc1cc(N)c(C(=O)OC(C)C)cc1Oc1cccc(Cl)c1. The molecule has 0 radical (unpaired) electrons. The summed E-state index contributed by atoms with van der Waals surface area (Å²) >= 11 is 5.94. The molecule has 2 rings (SSSR count). The third kappa shape index (κ3) is 3.92. The molecule has 2 aromatic rings. The first-order valence-electron chi connectivity index (χ1n) is 6.91. The number of rotatable bonds is 4. The van der Waals surface area contributed by atoms with Crippen LogP contribution in [0, 0.1) is 6.92 Å². The fourth-order valence-corrected chi connectivity index (χ4v) is 2.11. The third-order valence-corrected chi connectivity index (χ3v) is 3.17. The Hall–Kier alpha value is -2.20. The highest BCUT2D eigenvalue weighted by molar-refractivity contribution is 6.30. The van der Waals surface area contributed by atoms with Gasteiger partial charge in [-0.25, -0.2) is 4.79 Å². The van der Waals surface area contributed by atoms with Crippen LogP contribution in [0.15, 0.2) is 36.4 Å². The van der Waals surface area contributed by atoms with Crippen molar-refractivity contribution >= 4 is 23.3 Å². The van der Waals surface area contributed by atoms with Crippen LogP contribution in [0.5, 0.6) is 11.5 Å². The summed E-state index contributed by atoms with van der Waals surface area (Å²) in [4.78, 5) is 12.1. The van der Waals surface area contributed by atoms with Gasteiger partial charge in [0.25, 0.3) is 0 Å². The average Bonchev–Trinajstić information content (AvgIpc) is 2.41. The topological polar surface area (TPSA) is 61.6 Å². The molecule has 4 nitrogen and oxygen atoms in total. The smallest absolute Gasteiger partial charge is 0.340 e. The van der Waals surface area contributed by atoms with Crippen LogP contribution < -0.4 is 10.5 Å². The second-order valence-electron chi connectivity index (χ2n) is 5.22. The van der Waals surface area contributed by atoms with Gasteiger partial charge < -0.3 is 15.2 Å². The van der Waals surface area contributed by atoms with Gasteiger partial charge in [-0.3, -0.25) is 0 Å². The molecule has 0 unspecified atom stereocenters. The number of nitrogens with two attached hydrogens (primary N) is 1. The van der Waals surface area contributed by atoms with Gasteiger partial charge in [0.05, 0.1) is 11.7 Å². The van der Waals surface area contributed by atoms with E-state index < -0.39 is 5.97 Å². The number of carbonyl (C=O) groups excluding carboxylic acids is 1. The Bertz CT molecular complexity index is 698. The van der Waals surface area contributed by atoms with Crippen LogP contribution in [0.3, 0.4) is 0 Å². The van der Waals surface area contributed by atoms with E-state index in [1.54, 1.807) is 50.2 Å². The zero-order valence-electron chi connectivity index (χ0n) is 12.7. The van der Waals surface area contributed by atoms with Crippen LogP contribution in [0.2, 0.25) is 5.02 Å². The van der Waals surface area contributed by atoms with Crippen molar-refractivity contribution in [3.8, 4) is 11.5 Å². The van der Waals surface area contributed by atoms with Crippen molar-refractivity contribution < 1.29 is 14.3 Å². The highest BCUT2D eigenvalue weighted by Crippen LogP contribution is 2.30. The van der Waals surface area contributed by atoms with Crippen molar-refractivity contribution in [3.05, 3.63) is 52.5 Å². The van der Waals surface area contributed by atoms with E-state index in [4.69, 9.17) is 26.8 Å². The van der Waals surface area contributed by atoms with Crippen LogP contribution in [-0.4, -0.2) is 12.1 Å². The van der Waals surface area contributed by atoms with E-state index in [0.29, 0.717) is 22.2 Å². The summed E-state index contributed by atoms with van der Waals surface area (Å²) in [5.41, 5.74) is 7.38. The molecule has 0 aliphatic carbocycles. The number of halogens is 1. The molecule has 0 bridgehead atoms. The zero-order chi connectivity index (χ0) is 16.3. The predicted molar refractivity (Wildman–Crippen MR) is 87.7 cm³/mol. The molecule has 0 saturated carbocycles. The first-order valence-corrected chi connectivity index (χ1v) is 7.29. The summed E-state index contributed by atoms with van der Waals surface area (Å²) in [7, 11) is 0. The molecule has 0 aliphatic heterocycles. The maximum Gasteiger partial charge on any atom is 0.340 e. The lowest BCUT2D eigenvalue weighted by Crippen LogP contribution is -2.13. The normalized spacial score (nSPS) is 10.6. The molecule has 0 aliphatic rings. The number of carbonyl (C=O) groups is 1. The summed E-state index contributed by atoms with van der Waals surface area (Å²) in [6.07, 6.45) is -0.217. The molecular weight excluding hydrogens is 302 g/mol. The molecule has 0 aromatic heterocycles. The van der Waals surface area contributed by atoms with Crippen molar-refractivity contribution in [2.24, 2.45) is 0 Å². The molecule has 0 fully saturated rings. The summed E-state index contributed by atoms with van der Waals surface area (Å²) in [5.74, 6) is 0.652. The highest BCUT2D eigenvalue weighted by atomic mass is 35.5. The lowest BCUT2D eigenvalue weighted by Gasteiger charge is -2.14. The molecule has 0 heterocycles. The Morgan fingerprint density at radius 3 is 2.59 bits per heavy atom. The standard InChI is InChI=1S/C17H18ClNO3/c1-10(2)21-17(20)14-9-16(11(3)7-15(14)19)22-13-6-4-5-12(18)8-13/h4-10H,19H2,1-3H3. The predicted octanol–water partition coefficient (Wildman–Crippen LogP) is 4.59.